The summed E-state index contributed by atoms with van der Waals surface area (Å²) in [5.74, 6) is -0.0234. The predicted octanol–water partition coefficient (Wildman–Crippen LogP) is 1.96. The van der Waals surface area contributed by atoms with Crippen LogP contribution in [-0.4, -0.2) is 46.3 Å². The zero-order chi connectivity index (χ0) is 14.8. The second kappa shape index (κ2) is 5.87. The number of hydrogen-bond acceptors (Lipinski definition) is 3. The fraction of sp³-hybridized carbons (Fsp3) is 0.333. The Bertz CT molecular complexity index is 655. The van der Waals surface area contributed by atoms with Gasteiger partial charge in [-0.2, -0.15) is 5.10 Å². The summed E-state index contributed by atoms with van der Waals surface area (Å²) < 4.78 is 1.67. The number of halogens is 1. The molecule has 21 heavy (non-hydrogen) atoms. The van der Waals surface area contributed by atoms with Crippen molar-refractivity contribution < 1.29 is 4.79 Å². The van der Waals surface area contributed by atoms with Crippen molar-refractivity contribution in [2.75, 3.05) is 19.6 Å². The van der Waals surface area contributed by atoms with Gasteiger partial charge in [0.1, 0.15) is 0 Å². The maximum atomic E-state index is 12.5. The maximum absolute atomic E-state index is 12.5. The van der Waals surface area contributed by atoms with Gasteiger partial charge in [0.15, 0.2) is 5.69 Å². The van der Waals surface area contributed by atoms with Crippen LogP contribution in [0.25, 0.3) is 5.69 Å². The van der Waals surface area contributed by atoms with Crippen LogP contribution in [0.3, 0.4) is 0 Å². The molecule has 0 spiro atoms. The maximum Gasteiger partial charge on any atom is 0.274 e. The number of nitrogens with zero attached hydrogens (tertiary/aromatic N) is 3. The van der Waals surface area contributed by atoms with Gasteiger partial charge in [-0.1, -0.05) is 17.7 Å². The molecule has 0 radical (unpaired) electrons. The molecule has 1 saturated heterocycles. The van der Waals surface area contributed by atoms with E-state index in [1.807, 2.05) is 36.1 Å². The third-order valence-electron chi connectivity index (χ3n) is 3.64. The van der Waals surface area contributed by atoms with Crippen LogP contribution in [0.4, 0.5) is 0 Å². The first-order valence-corrected chi connectivity index (χ1v) is 7.36. The van der Waals surface area contributed by atoms with E-state index in [2.05, 4.69) is 10.4 Å². The zero-order valence-electron chi connectivity index (χ0n) is 11.8. The van der Waals surface area contributed by atoms with E-state index in [9.17, 15) is 4.79 Å². The molecular weight excluding hydrogens is 288 g/mol. The predicted molar refractivity (Wildman–Crippen MR) is 81.9 cm³/mol. The van der Waals surface area contributed by atoms with Crippen molar-refractivity contribution in [2.45, 2.75) is 13.0 Å². The lowest BCUT2D eigenvalue weighted by atomic mass is 10.2. The van der Waals surface area contributed by atoms with Gasteiger partial charge in [0.05, 0.1) is 5.69 Å². The van der Waals surface area contributed by atoms with Crippen LogP contribution in [-0.2, 0) is 0 Å². The number of hydrogen-bond donors (Lipinski definition) is 1. The minimum atomic E-state index is -0.0234. The normalized spacial score (nSPS) is 18.8. The van der Waals surface area contributed by atoms with Crippen molar-refractivity contribution in [2.24, 2.45) is 0 Å². The average molecular weight is 305 g/mol. The Hall–Kier alpha value is -1.85. The highest BCUT2D eigenvalue weighted by atomic mass is 35.5. The molecule has 3 rings (SSSR count). The quantitative estimate of drug-likeness (QED) is 0.923. The smallest absolute Gasteiger partial charge is 0.274 e. The van der Waals surface area contributed by atoms with Crippen LogP contribution in [0.15, 0.2) is 36.5 Å². The molecule has 1 atom stereocenters. The molecule has 2 aromatic rings. The lowest BCUT2D eigenvalue weighted by Crippen LogP contribution is -2.52. The van der Waals surface area contributed by atoms with E-state index >= 15 is 0 Å². The Kier molecular flexibility index (Phi) is 3.94. The molecule has 1 aromatic heterocycles. The number of carbonyl (C=O) groups is 1. The molecule has 1 N–H and O–H groups in total. The average Bonchev–Trinajstić information content (AvgIpc) is 2.97. The van der Waals surface area contributed by atoms with Crippen molar-refractivity contribution in [3.8, 4) is 5.69 Å². The Labute approximate surface area is 128 Å². The van der Waals surface area contributed by atoms with Gasteiger partial charge >= 0.3 is 0 Å². The van der Waals surface area contributed by atoms with Gasteiger partial charge in [-0.3, -0.25) is 4.79 Å². The third-order valence-corrected chi connectivity index (χ3v) is 3.88. The minimum absolute atomic E-state index is 0.0234. The zero-order valence-corrected chi connectivity index (χ0v) is 12.5. The van der Waals surface area contributed by atoms with E-state index < -0.39 is 0 Å². The van der Waals surface area contributed by atoms with Crippen molar-refractivity contribution in [1.82, 2.24) is 20.0 Å². The van der Waals surface area contributed by atoms with E-state index in [0.29, 0.717) is 17.3 Å². The van der Waals surface area contributed by atoms with Crippen LogP contribution in [0.2, 0.25) is 5.02 Å². The van der Waals surface area contributed by atoms with Gasteiger partial charge < -0.3 is 10.2 Å². The molecule has 5 nitrogen and oxygen atoms in total. The molecule has 0 bridgehead atoms. The molecule has 1 aliphatic rings. The lowest BCUT2D eigenvalue weighted by molar-refractivity contribution is 0.0649. The molecule has 1 fully saturated rings. The van der Waals surface area contributed by atoms with Crippen molar-refractivity contribution in [3.05, 3.63) is 47.2 Å². The summed E-state index contributed by atoms with van der Waals surface area (Å²) in [6, 6.07) is 9.32. The third kappa shape index (κ3) is 2.94. The van der Waals surface area contributed by atoms with Gasteiger partial charge in [0.25, 0.3) is 5.91 Å². The summed E-state index contributed by atoms with van der Waals surface area (Å²) >= 11 is 5.98. The SMILES string of the molecule is C[C@@H]1CNCCN1C(=O)c1ccn(-c2cccc(Cl)c2)n1. The first-order chi connectivity index (χ1) is 10.1. The van der Waals surface area contributed by atoms with Crippen LogP contribution < -0.4 is 5.32 Å². The number of nitrogens with one attached hydrogen (secondary N) is 1. The molecule has 110 valence electrons. The second-order valence-electron chi connectivity index (χ2n) is 5.18. The Morgan fingerprint density at radius 3 is 3.05 bits per heavy atom. The van der Waals surface area contributed by atoms with E-state index in [0.717, 1.165) is 18.8 Å². The highest BCUT2D eigenvalue weighted by Crippen LogP contribution is 2.15. The topological polar surface area (TPSA) is 50.2 Å². The number of piperazine rings is 1. The summed E-state index contributed by atoms with van der Waals surface area (Å²) in [6.45, 7) is 4.40. The highest BCUT2D eigenvalue weighted by molar-refractivity contribution is 6.30. The molecule has 0 unspecified atom stereocenters. The van der Waals surface area contributed by atoms with E-state index in [1.54, 1.807) is 16.9 Å². The van der Waals surface area contributed by atoms with Crippen molar-refractivity contribution in [1.29, 1.82) is 0 Å². The molecule has 0 aliphatic carbocycles. The lowest BCUT2D eigenvalue weighted by Gasteiger charge is -2.33. The van der Waals surface area contributed by atoms with E-state index in [4.69, 9.17) is 11.6 Å². The van der Waals surface area contributed by atoms with Gasteiger partial charge in [-0.05, 0) is 31.2 Å². The summed E-state index contributed by atoms with van der Waals surface area (Å²) in [6.07, 6.45) is 1.78. The Balaban J connectivity index is 1.83. The number of rotatable bonds is 2. The first-order valence-electron chi connectivity index (χ1n) is 6.98. The number of benzene rings is 1. The molecule has 1 aromatic carbocycles. The molecular formula is C15H17ClN4O. The van der Waals surface area contributed by atoms with Gasteiger partial charge in [0.2, 0.25) is 0 Å². The standard InChI is InChI=1S/C15H17ClN4O/c1-11-10-17-6-8-19(11)15(21)14-5-7-20(18-14)13-4-2-3-12(16)9-13/h2-5,7,9,11,17H,6,8,10H2,1H3/t11-/m1/s1. The van der Waals surface area contributed by atoms with E-state index in [1.165, 1.54) is 0 Å². The molecule has 6 heteroatoms. The first kappa shape index (κ1) is 14.1. The van der Waals surface area contributed by atoms with Gasteiger partial charge in [-0.25, -0.2) is 4.68 Å². The van der Waals surface area contributed by atoms with Crippen LogP contribution >= 0.6 is 11.6 Å². The highest BCUT2D eigenvalue weighted by Gasteiger charge is 2.25. The van der Waals surface area contributed by atoms with Crippen molar-refractivity contribution >= 4 is 17.5 Å². The fourth-order valence-corrected chi connectivity index (χ4v) is 2.67. The largest absolute Gasteiger partial charge is 0.332 e. The Morgan fingerprint density at radius 2 is 2.29 bits per heavy atom. The summed E-state index contributed by atoms with van der Waals surface area (Å²) in [4.78, 5) is 14.4. The van der Waals surface area contributed by atoms with E-state index in [-0.39, 0.29) is 11.9 Å². The number of aromatic nitrogens is 2. The van der Waals surface area contributed by atoms with Crippen LogP contribution in [0.5, 0.6) is 0 Å². The monoisotopic (exact) mass is 304 g/mol. The van der Waals surface area contributed by atoms with Gasteiger partial charge in [0, 0.05) is 36.9 Å². The Morgan fingerprint density at radius 1 is 1.43 bits per heavy atom. The minimum Gasteiger partial charge on any atom is -0.332 e. The molecule has 2 heterocycles. The van der Waals surface area contributed by atoms with Crippen molar-refractivity contribution in [3.63, 3.8) is 0 Å². The number of carbonyl (C=O) groups excluding carboxylic acids is 1. The van der Waals surface area contributed by atoms with Crippen LogP contribution in [0, 0.1) is 0 Å². The summed E-state index contributed by atoms with van der Waals surface area (Å²) in [5, 5.41) is 8.30. The fourth-order valence-electron chi connectivity index (χ4n) is 2.49. The second-order valence-corrected chi connectivity index (χ2v) is 5.61. The molecule has 1 amide bonds. The van der Waals surface area contributed by atoms with Crippen LogP contribution in [0.1, 0.15) is 17.4 Å². The summed E-state index contributed by atoms with van der Waals surface area (Å²) in [7, 11) is 0. The summed E-state index contributed by atoms with van der Waals surface area (Å²) in [5.41, 5.74) is 1.30. The molecule has 0 saturated carbocycles. The molecule has 1 aliphatic heterocycles. The van der Waals surface area contributed by atoms with Gasteiger partial charge in [-0.15, -0.1) is 0 Å². The number of amides is 1.